The quantitative estimate of drug-likeness (QED) is 0.454. The molecule has 0 bridgehead atoms. The van der Waals surface area contributed by atoms with Gasteiger partial charge in [-0.15, -0.1) is 0 Å². The van der Waals surface area contributed by atoms with Gasteiger partial charge in [-0.3, -0.25) is 0 Å². The molecule has 0 rings (SSSR count). The molecule has 4 heavy (non-hydrogen) atoms. The van der Waals surface area contributed by atoms with E-state index in [4.69, 9.17) is 0 Å². The van der Waals surface area contributed by atoms with Gasteiger partial charge in [0.15, 0.2) is 0 Å². The zero-order valence-electron chi connectivity index (χ0n) is 1.69. The van der Waals surface area contributed by atoms with Crippen molar-refractivity contribution in [1.29, 1.82) is 0 Å². The van der Waals surface area contributed by atoms with Crippen LogP contribution < -0.4 is 0 Å². The number of hydrogen-bond acceptors (Lipinski definition) is 0. The molecule has 1 nitrogen and oxygen atoms in total. The van der Waals surface area contributed by atoms with Crippen LogP contribution in [-0.4, -0.2) is 0 Å². The van der Waals surface area contributed by atoms with Gasteiger partial charge in [0.1, 0.15) is 0 Å². The van der Waals surface area contributed by atoms with Crippen molar-refractivity contribution in [1.82, 2.24) is 0 Å². The Morgan fingerprint density at radius 1 is 1.00 bits per heavy atom. The van der Waals surface area contributed by atoms with E-state index in [0.717, 1.165) is 0 Å². The van der Waals surface area contributed by atoms with Crippen molar-refractivity contribution in [2.75, 3.05) is 0 Å². The first-order valence-corrected chi connectivity index (χ1v) is 0. The van der Waals surface area contributed by atoms with Crippen LogP contribution in [0.1, 0.15) is 0 Å². The summed E-state index contributed by atoms with van der Waals surface area (Å²) in [5.74, 6) is 0. The van der Waals surface area contributed by atoms with Crippen molar-refractivity contribution in [2.24, 2.45) is 0 Å². The minimum atomic E-state index is 0. The Morgan fingerprint density at radius 3 is 1.00 bits per heavy atom. The van der Waals surface area contributed by atoms with E-state index in [9.17, 15) is 0 Å². The predicted octanol–water partition coefficient (Wildman–Crippen LogP) is -0.126. The molecular weight excluding hydrogens is 171 g/mol. The Balaban J connectivity index is 0. The van der Waals surface area contributed by atoms with Crippen LogP contribution in [0.15, 0.2) is 0 Å². The van der Waals surface area contributed by atoms with Crippen LogP contribution in [0, 0.1) is 0 Å². The standard InChI is InChI=1S/Cr.Mn.O.Ti/q+3;+2;-2;+4. The van der Waals surface area contributed by atoms with Gasteiger partial charge in [-0.05, 0) is 0 Å². The molecule has 0 fully saturated rings. The Labute approximate surface area is 61.3 Å². The summed E-state index contributed by atoms with van der Waals surface area (Å²) in [6.07, 6.45) is 0. The zero-order valence-corrected chi connectivity index (χ0v) is 5.71. The second kappa shape index (κ2) is 22.0. The Bertz CT molecular complexity index is 8.00. The van der Waals surface area contributed by atoms with Crippen LogP contribution in [0.3, 0.4) is 0 Å². The fourth-order valence-corrected chi connectivity index (χ4v) is 0. The summed E-state index contributed by atoms with van der Waals surface area (Å²) in [5, 5.41) is 0. The average Bonchev–Trinajstić information content (AvgIpc) is 0. The molecule has 0 unspecified atom stereocenters. The summed E-state index contributed by atoms with van der Waals surface area (Å²) in [7, 11) is 0. The summed E-state index contributed by atoms with van der Waals surface area (Å²) in [4.78, 5) is 0. The molecule has 0 aromatic rings. The summed E-state index contributed by atoms with van der Waals surface area (Å²) >= 11 is 0. The van der Waals surface area contributed by atoms with Gasteiger partial charge in [-0.25, -0.2) is 0 Å². The summed E-state index contributed by atoms with van der Waals surface area (Å²) in [5.41, 5.74) is 0. The third-order valence-electron chi connectivity index (χ3n) is 0. The van der Waals surface area contributed by atoms with Gasteiger partial charge in [0, 0.05) is 0 Å². The zero-order chi connectivity index (χ0) is 0. The molecule has 0 atom stereocenters. The molecule has 16 valence electrons. The third kappa shape index (κ3) is 9.29. The van der Waals surface area contributed by atoms with Gasteiger partial charge in [-0.2, -0.15) is 0 Å². The summed E-state index contributed by atoms with van der Waals surface area (Å²) in [6, 6.07) is 0. The molecule has 0 saturated heterocycles. The van der Waals surface area contributed by atoms with Crippen LogP contribution in [0.2, 0.25) is 0 Å². The van der Waals surface area contributed by atoms with Crippen LogP contribution in [0.4, 0.5) is 0 Å². The maximum atomic E-state index is 0. The Kier molecular flexibility index (Phi) is 236. The molecule has 0 aliphatic carbocycles. The van der Waals surface area contributed by atoms with Gasteiger partial charge in [0.2, 0.25) is 0 Å². The van der Waals surface area contributed by atoms with Crippen molar-refractivity contribution in [3.63, 3.8) is 0 Å². The van der Waals surface area contributed by atoms with Gasteiger partial charge in [0.25, 0.3) is 0 Å². The number of rotatable bonds is 0. The number of hydrogen-bond donors (Lipinski definition) is 0. The monoisotopic (exact) mass is 171 g/mol. The molecule has 0 saturated carbocycles. The van der Waals surface area contributed by atoms with E-state index in [1.165, 1.54) is 0 Å². The molecule has 0 heterocycles. The maximum Gasteiger partial charge on any atom is 4.00 e. The van der Waals surface area contributed by atoms with E-state index in [1.807, 2.05) is 0 Å². The van der Waals surface area contributed by atoms with Gasteiger partial charge >= 0.3 is 56.1 Å². The van der Waals surface area contributed by atoms with E-state index < -0.39 is 0 Å². The molecule has 0 aromatic carbocycles. The first-order chi connectivity index (χ1) is 0. The van der Waals surface area contributed by atoms with Gasteiger partial charge in [-0.1, -0.05) is 0 Å². The average molecular weight is 171 g/mol. The molecular formula is CrMnOTi+7. The minimum Gasteiger partial charge on any atom is -2.00 e. The fourth-order valence-electron chi connectivity index (χ4n) is 0. The van der Waals surface area contributed by atoms with Crippen LogP contribution >= 0.6 is 0 Å². The molecule has 0 aliphatic heterocycles. The van der Waals surface area contributed by atoms with Crippen LogP contribution in [0.25, 0.3) is 0 Å². The SMILES string of the molecule is [Cr+3].[Mn+2].[O-2].[Ti+4]. The minimum absolute atomic E-state index is 0. The topological polar surface area (TPSA) is 28.5 Å². The molecule has 0 N–H and O–H groups in total. The molecule has 0 spiro atoms. The first kappa shape index (κ1) is 42.9. The molecule has 2 radical (unpaired) electrons. The second-order valence-electron chi connectivity index (χ2n) is 0. The molecule has 4 heteroatoms. The summed E-state index contributed by atoms with van der Waals surface area (Å²) < 4.78 is 0. The second-order valence-corrected chi connectivity index (χ2v) is 0. The first-order valence-electron chi connectivity index (χ1n) is 0. The van der Waals surface area contributed by atoms with E-state index >= 15 is 0 Å². The van der Waals surface area contributed by atoms with E-state index in [-0.39, 0.29) is 61.6 Å². The third-order valence-corrected chi connectivity index (χ3v) is 0. The molecule has 0 aliphatic rings. The summed E-state index contributed by atoms with van der Waals surface area (Å²) in [6.45, 7) is 0. The molecule has 0 amide bonds. The fraction of sp³-hybridized carbons (Fsp3) is 0. The van der Waals surface area contributed by atoms with Crippen molar-refractivity contribution < 1.29 is 61.6 Å². The molecule has 0 aromatic heterocycles. The van der Waals surface area contributed by atoms with E-state index in [2.05, 4.69) is 0 Å². The Morgan fingerprint density at radius 2 is 1.00 bits per heavy atom. The van der Waals surface area contributed by atoms with Crippen LogP contribution in [0.5, 0.6) is 0 Å². The van der Waals surface area contributed by atoms with Crippen molar-refractivity contribution in [2.45, 2.75) is 0 Å². The van der Waals surface area contributed by atoms with E-state index in [0.29, 0.717) is 0 Å². The van der Waals surface area contributed by atoms with Crippen molar-refractivity contribution >= 4 is 0 Å². The smallest absolute Gasteiger partial charge is 2.00 e. The normalized spacial score (nSPS) is 0. The van der Waals surface area contributed by atoms with E-state index in [1.54, 1.807) is 0 Å². The predicted molar refractivity (Wildman–Crippen MR) is 0.686 cm³/mol. The maximum absolute atomic E-state index is 0. The Hall–Kier alpha value is 1.73. The van der Waals surface area contributed by atoms with Gasteiger partial charge < -0.3 is 5.48 Å². The van der Waals surface area contributed by atoms with Gasteiger partial charge in [0.05, 0.1) is 0 Å². The van der Waals surface area contributed by atoms with Crippen LogP contribution in [-0.2, 0) is 61.6 Å². The largest absolute Gasteiger partial charge is 4.00 e. The van der Waals surface area contributed by atoms with Crippen molar-refractivity contribution in [3.8, 4) is 0 Å². The van der Waals surface area contributed by atoms with Crippen molar-refractivity contribution in [3.05, 3.63) is 0 Å².